The second-order valence-electron chi connectivity index (χ2n) is 2.97. The highest BCUT2D eigenvalue weighted by molar-refractivity contribution is 7.49. The Morgan fingerprint density at radius 3 is 2.40 bits per heavy atom. The minimum absolute atomic E-state index is 0.589. The third-order valence-corrected chi connectivity index (χ3v) is 2.08. The Hall–Kier alpha value is -1.13. The van der Waals surface area contributed by atoms with E-state index in [1.165, 1.54) is 0 Å². The molecule has 0 bridgehead atoms. The lowest BCUT2D eigenvalue weighted by Crippen LogP contribution is -2.17. The van der Waals surface area contributed by atoms with Crippen molar-refractivity contribution in [3.8, 4) is 0 Å². The van der Waals surface area contributed by atoms with Crippen LogP contribution in [0.1, 0.15) is 5.56 Å². The molecule has 0 aliphatic heterocycles. The molecule has 1 aromatic carbocycles. The van der Waals surface area contributed by atoms with Gasteiger partial charge in [0, 0.05) is 5.69 Å². The van der Waals surface area contributed by atoms with Crippen molar-refractivity contribution in [3.05, 3.63) is 42.5 Å². The zero-order chi connectivity index (χ0) is 11.3. The molecule has 0 heterocycles. The van der Waals surface area contributed by atoms with Crippen LogP contribution < -0.4 is 10.6 Å². The molecule has 4 N–H and O–H groups in total. The van der Waals surface area contributed by atoms with Crippen LogP contribution in [-0.2, 0) is 11.0 Å². The lowest BCUT2D eigenvalue weighted by atomic mass is 10.1. The molecule has 1 rings (SSSR count). The maximum Gasteiger partial charge on any atom is 0.417 e. The predicted molar refractivity (Wildman–Crippen MR) is 59.1 cm³/mol. The molecule has 1 aromatic rings. The molecule has 0 unspecified atom stereocenters. The van der Waals surface area contributed by atoms with Crippen LogP contribution in [0.3, 0.4) is 0 Å². The van der Waals surface area contributed by atoms with Crippen molar-refractivity contribution in [1.82, 2.24) is 5.20 Å². The van der Waals surface area contributed by atoms with Crippen molar-refractivity contribution < 1.29 is 14.4 Å². The molecular weight excluding hydrogens is 215 g/mol. The Balaban J connectivity index is 2.57. The molecule has 5 nitrogen and oxygen atoms in total. The van der Waals surface area contributed by atoms with Gasteiger partial charge in [0.05, 0.1) is 0 Å². The van der Waals surface area contributed by atoms with Crippen LogP contribution in [0.15, 0.2) is 36.9 Å². The standard InChI is InChI=1S/C9H13N2O3P/c1-2-3-8-4-6-9(7-5-8)10-11-15(12,13)14/h2,4-7,10H,1,3H2,(H3,11,12,13,14). The summed E-state index contributed by atoms with van der Waals surface area (Å²) in [5.74, 6) is 0. The van der Waals surface area contributed by atoms with Gasteiger partial charge in [0.1, 0.15) is 0 Å². The monoisotopic (exact) mass is 228 g/mol. The molecule has 0 atom stereocenters. The zero-order valence-corrected chi connectivity index (χ0v) is 8.95. The zero-order valence-electron chi connectivity index (χ0n) is 8.05. The molecule has 0 aromatic heterocycles. The smallest absolute Gasteiger partial charge is 0.312 e. The first-order valence-electron chi connectivity index (χ1n) is 4.30. The van der Waals surface area contributed by atoms with Crippen LogP contribution >= 0.6 is 7.75 Å². The Kier molecular flexibility index (Phi) is 4.05. The number of hydrogen-bond donors (Lipinski definition) is 4. The normalized spacial score (nSPS) is 11.1. The lowest BCUT2D eigenvalue weighted by Gasteiger charge is -2.09. The number of allylic oxidation sites excluding steroid dienone is 1. The number of rotatable bonds is 5. The maximum absolute atomic E-state index is 10.5. The second-order valence-corrected chi connectivity index (χ2v) is 4.28. The summed E-state index contributed by atoms with van der Waals surface area (Å²) in [6, 6.07) is 7.15. The molecule has 0 aliphatic rings. The molecule has 0 radical (unpaired) electrons. The number of benzene rings is 1. The van der Waals surface area contributed by atoms with E-state index < -0.39 is 7.75 Å². The summed E-state index contributed by atoms with van der Waals surface area (Å²) in [6.45, 7) is 3.62. The van der Waals surface area contributed by atoms with Gasteiger partial charge in [0.25, 0.3) is 0 Å². The van der Waals surface area contributed by atoms with E-state index in [9.17, 15) is 4.57 Å². The van der Waals surface area contributed by atoms with Crippen LogP contribution in [0.4, 0.5) is 5.69 Å². The maximum atomic E-state index is 10.5. The number of anilines is 1. The molecule has 0 amide bonds. The van der Waals surface area contributed by atoms with E-state index in [0.29, 0.717) is 5.69 Å². The summed E-state index contributed by atoms with van der Waals surface area (Å²) in [6.07, 6.45) is 2.56. The van der Waals surface area contributed by atoms with Gasteiger partial charge in [-0.15, -0.1) is 11.8 Å². The summed E-state index contributed by atoms with van der Waals surface area (Å²) in [5.41, 5.74) is 4.09. The minimum Gasteiger partial charge on any atom is -0.312 e. The van der Waals surface area contributed by atoms with E-state index in [1.807, 2.05) is 17.3 Å². The molecule has 82 valence electrons. The average Bonchev–Trinajstić information content (AvgIpc) is 2.16. The van der Waals surface area contributed by atoms with Crippen molar-refractivity contribution in [1.29, 1.82) is 0 Å². The Morgan fingerprint density at radius 2 is 1.93 bits per heavy atom. The molecule has 0 saturated heterocycles. The van der Waals surface area contributed by atoms with Crippen molar-refractivity contribution in [2.75, 3.05) is 5.43 Å². The molecule has 0 spiro atoms. The van der Waals surface area contributed by atoms with E-state index >= 15 is 0 Å². The highest BCUT2D eigenvalue weighted by Gasteiger charge is 2.10. The van der Waals surface area contributed by atoms with Gasteiger partial charge in [0.15, 0.2) is 0 Å². The molecule has 0 aliphatic carbocycles. The van der Waals surface area contributed by atoms with E-state index in [4.69, 9.17) is 9.79 Å². The summed E-state index contributed by atoms with van der Waals surface area (Å²) in [7, 11) is -4.23. The third-order valence-electron chi connectivity index (χ3n) is 1.68. The lowest BCUT2D eigenvalue weighted by molar-refractivity contribution is 0.362. The van der Waals surface area contributed by atoms with Crippen LogP contribution in [0.5, 0.6) is 0 Å². The minimum atomic E-state index is -4.23. The van der Waals surface area contributed by atoms with Crippen molar-refractivity contribution in [2.24, 2.45) is 0 Å². The first kappa shape index (κ1) is 11.9. The molecule has 0 saturated carbocycles. The van der Waals surface area contributed by atoms with Gasteiger partial charge >= 0.3 is 7.75 Å². The first-order chi connectivity index (χ1) is 7.01. The molecule has 0 fully saturated rings. The van der Waals surface area contributed by atoms with Crippen LogP contribution in [0.25, 0.3) is 0 Å². The van der Waals surface area contributed by atoms with Crippen LogP contribution in [0.2, 0.25) is 0 Å². The van der Waals surface area contributed by atoms with E-state index in [2.05, 4.69) is 12.0 Å². The third kappa shape index (κ3) is 4.76. The summed E-state index contributed by atoms with van der Waals surface area (Å²) < 4.78 is 10.5. The van der Waals surface area contributed by atoms with E-state index in [-0.39, 0.29) is 0 Å². The number of nitrogens with one attached hydrogen (secondary N) is 2. The second kappa shape index (κ2) is 5.09. The van der Waals surface area contributed by atoms with Gasteiger partial charge < -0.3 is 15.2 Å². The topological polar surface area (TPSA) is 81.6 Å². The Labute approximate surface area is 88.0 Å². The van der Waals surface area contributed by atoms with E-state index in [0.717, 1.165) is 12.0 Å². The highest BCUT2D eigenvalue weighted by atomic mass is 31.2. The van der Waals surface area contributed by atoms with Gasteiger partial charge in [-0.1, -0.05) is 18.2 Å². The number of hydrogen-bond acceptors (Lipinski definition) is 2. The highest BCUT2D eigenvalue weighted by Crippen LogP contribution is 2.27. The van der Waals surface area contributed by atoms with Crippen LogP contribution in [-0.4, -0.2) is 9.79 Å². The first-order valence-corrected chi connectivity index (χ1v) is 5.91. The Bertz CT molecular complexity index is 371. The summed E-state index contributed by atoms with van der Waals surface area (Å²) in [5, 5.41) is 1.89. The van der Waals surface area contributed by atoms with Crippen molar-refractivity contribution in [2.45, 2.75) is 6.42 Å². The van der Waals surface area contributed by atoms with Gasteiger partial charge in [0.2, 0.25) is 0 Å². The number of hydrazine groups is 1. The fraction of sp³-hybridized carbons (Fsp3) is 0.111. The van der Waals surface area contributed by atoms with Crippen molar-refractivity contribution in [3.63, 3.8) is 0 Å². The summed E-state index contributed by atoms with van der Waals surface area (Å²) in [4.78, 5) is 17.1. The molecular formula is C9H13N2O3P. The largest absolute Gasteiger partial charge is 0.417 e. The summed E-state index contributed by atoms with van der Waals surface area (Å²) >= 11 is 0. The van der Waals surface area contributed by atoms with Crippen molar-refractivity contribution >= 4 is 13.4 Å². The molecule has 15 heavy (non-hydrogen) atoms. The van der Waals surface area contributed by atoms with E-state index in [1.54, 1.807) is 18.2 Å². The fourth-order valence-corrected chi connectivity index (χ4v) is 1.30. The fourth-order valence-electron chi connectivity index (χ4n) is 1.03. The van der Waals surface area contributed by atoms with Gasteiger partial charge in [-0.05, 0) is 24.1 Å². The SMILES string of the molecule is C=CCc1ccc(NNP(=O)(O)O)cc1. The van der Waals surface area contributed by atoms with Gasteiger partial charge in [-0.3, -0.25) is 0 Å². The Morgan fingerprint density at radius 1 is 1.33 bits per heavy atom. The molecule has 6 heteroatoms. The quantitative estimate of drug-likeness (QED) is 0.348. The van der Waals surface area contributed by atoms with Gasteiger partial charge in [-0.25, -0.2) is 4.57 Å². The van der Waals surface area contributed by atoms with Gasteiger partial charge in [-0.2, -0.15) is 0 Å². The predicted octanol–water partition coefficient (Wildman–Crippen LogP) is 1.42. The van der Waals surface area contributed by atoms with Crippen LogP contribution in [0, 0.1) is 0 Å². The average molecular weight is 228 g/mol.